The summed E-state index contributed by atoms with van der Waals surface area (Å²) < 4.78 is 16.9. The second-order valence-corrected chi connectivity index (χ2v) is 7.55. The van der Waals surface area contributed by atoms with Crippen LogP contribution in [0.25, 0.3) is 0 Å². The third-order valence-electron chi connectivity index (χ3n) is 4.19. The van der Waals surface area contributed by atoms with Gasteiger partial charge in [-0.1, -0.05) is 46.9 Å². The van der Waals surface area contributed by atoms with Gasteiger partial charge in [-0.25, -0.2) is 4.98 Å². The molecule has 30 heavy (non-hydrogen) atoms. The van der Waals surface area contributed by atoms with Crippen molar-refractivity contribution in [2.24, 2.45) is 0 Å². The van der Waals surface area contributed by atoms with E-state index in [0.717, 1.165) is 11.1 Å². The molecule has 0 unspecified atom stereocenters. The molecule has 0 aliphatic heterocycles. The van der Waals surface area contributed by atoms with E-state index in [0.29, 0.717) is 58.8 Å². The molecular formula is C22H21Cl3N2O3. The van der Waals surface area contributed by atoms with Crippen molar-refractivity contribution < 1.29 is 14.2 Å². The van der Waals surface area contributed by atoms with Gasteiger partial charge in [-0.05, 0) is 35.4 Å². The molecular weight excluding hydrogens is 447 g/mol. The van der Waals surface area contributed by atoms with Crippen LogP contribution < -0.4 is 19.5 Å². The van der Waals surface area contributed by atoms with Crippen LogP contribution in [0.4, 0.5) is 0 Å². The quantitative estimate of drug-likeness (QED) is 0.382. The first-order valence-electron chi connectivity index (χ1n) is 9.24. The summed E-state index contributed by atoms with van der Waals surface area (Å²) in [6, 6.07) is 14.5. The summed E-state index contributed by atoms with van der Waals surface area (Å²) in [5.74, 6) is 1.75. The Hall–Kier alpha value is -2.18. The number of rotatable bonds is 10. The van der Waals surface area contributed by atoms with Crippen molar-refractivity contribution >= 4 is 34.8 Å². The van der Waals surface area contributed by atoms with Crippen molar-refractivity contribution in [2.45, 2.75) is 13.2 Å². The first-order valence-corrected chi connectivity index (χ1v) is 10.4. The van der Waals surface area contributed by atoms with Crippen LogP contribution in [0.3, 0.4) is 0 Å². The number of aromatic nitrogens is 1. The van der Waals surface area contributed by atoms with Gasteiger partial charge in [0.25, 0.3) is 0 Å². The molecule has 0 bridgehead atoms. The highest BCUT2D eigenvalue weighted by Crippen LogP contribution is 2.34. The zero-order valence-electron chi connectivity index (χ0n) is 16.3. The second-order valence-electron chi connectivity index (χ2n) is 6.32. The molecule has 2 aromatic carbocycles. The minimum Gasteiger partial charge on any atom is -0.493 e. The largest absolute Gasteiger partial charge is 0.493 e. The molecule has 1 N–H and O–H groups in total. The maximum Gasteiger partial charge on any atom is 0.213 e. The van der Waals surface area contributed by atoms with Crippen LogP contribution in [-0.4, -0.2) is 25.2 Å². The molecule has 5 nitrogen and oxygen atoms in total. The lowest BCUT2D eigenvalue weighted by atomic mass is 10.2. The summed E-state index contributed by atoms with van der Waals surface area (Å²) in [5.41, 5.74) is 1.79. The molecule has 0 saturated carbocycles. The molecule has 0 radical (unpaired) electrons. The van der Waals surface area contributed by atoms with Crippen molar-refractivity contribution in [3.05, 3.63) is 80.9 Å². The van der Waals surface area contributed by atoms with Gasteiger partial charge in [0.1, 0.15) is 13.2 Å². The monoisotopic (exact) mass is 466 g/mol. The van der Waals surface area contributed by atoms with Crippen LogP contribution in [0.5, 0.6) is 17.4 Å². The average Bonchev–Trinajstić information content (AvgIpc) is 2.76. The summed E-state index contributed by atoms with van der Waals surface area (Å²) in [4.78, 5) is 4.11. The maximum absolute atomic E-state index is 6.44. The summed E-state index contributed by atoms with van der Waals surface area (Å²) in [7, 11) is 1.59. The van der Waals surface area contributed by atoms with Crippen LogP contribution in [0.2, 0.25) is 15.1 Å². The zero-order valence-corrected chi connectivity index (χ0v) is 18.6. The Bertz CT molecular complexity index is 971. The molecule has 0 fully saturated rings. The van der Waals surface area contributed by atoms with Crippen molar-refractivity contribution in [1.29, 1.82) is 0 Å². The molecule has 158 valence electrons. The summed E-state index contributed by atoms with van der Waals surface area (Å²) in [6.45, 7) is 2.02. The Balaban J connectivity index is 1.54. The highest BCUT2D eigenvalue weighted by molar-refractivity contribution is 6.42. The van der Waals surface area contributed by atoms with Gasteiger partial charge in [-0.15, -0.1) is 0 Å². The van der Waals surface area contributed by atoms with E-state index < -0.39 is 0 Å². The Morgan fingerprint density at radius 2 is 1.77 bits per heavy atom. The van der Waals surface area contributed by atoms with E-state index in [1.54, 1.807) is 31.5 Å². The number of hydrogen-bond donors (Lipinski definition) is 1. The number of methoxy groups -OCH3 is 1. The molecule has 0 aliphatic carbocycles. The lowest BCUT2D eigenvalue weighted by molar-refractivity contribution is 0.284. The number of pyridine rings is 1. The molecule has 0 atom stereocenters. The minimum atomic E-state index is 0.312. The average molecular weight is 468 g/mol. The molecule has 0 aliphatic rings. The number of ether oxygens (including phenoxy) is 3. The molecule has 0 amide bonds. The normalized spacial score (nSPS) is 10.7. The first kappa shape index (κ1) is 22.5. The predicted octanol–water partition coefficient (Wildman–Crippen LogP) is 5.80. The van der Waals surface area contributed by atoms with Gasteiger partial charge in [0.15, 0.2) is 11.5 Å². The van der Waals surface area contributed by atoms with Gasteiger partial charge in [-0.2, -0.15) is 0 Å². The van der Waals surface area contributed by atoms with Crippen molar-refractivity contribution in [3.8, 4) is 17.4 Å². The van der Waals surface area contributed by atoms with Crippen LogP contribution in [0, 0.1) is 0 Å². The van der Waals surface area contributed by atoms with E-state index in [4.69, 9.17) is 49.0 Å². The van der Waals surface area contributed by atoms with Crippen molar-refractivity contribution in [3.63, 3.8) is 0 Å². The fraction of sp³-hybridized carbons (Fsp3) is 0.227. The maximum atomic E-state index is 6.44. The number of nitrogens with one attached hydrogen (secondary N) is 1. The molecule has 8 heteroatoms. The third-order valence-corrected chi connectivity index (χ3v) is 5.28. The van der Waals surface area contributed by atoms with Crippen LogP contribution >= 0.6 is 34.8 Å². The van der Waals surface area contributed by atoms with Crippen molar-refractivity contribution in [2.75, 3.05) is 20.3 Å². The molecule has 1 aromatic heterocycles. The number of hydrogen-bond acceptors (Lipinski definition) is 5. The van der Waals surface area contributed by atoms with Gasteiger partial charge in [0.05, 0.1) is 17.2 Å². The first-order chi connectivity index (χ1) is 14.6. The molecule has 3 aromatic rings. The SMILES string of the molecule is COc1cc(CNCCOc2ccccn2)c(Cl)cc1OCc1ccc(Cl)c(Cl)c1. The van der Waals surface area contributed by atoms with Gasteiger partial charge < -0.3 is 19.5 Å². The minimum absolute atomic E-state index is 0.312. The summed E-state index contributed by atoms with van der Waals surface area (Å²) >= 11 is 18.4. The molecule has 1 heterocycles. The van der Waals surface area contributed by atoms with Gasteiger partial charge in [0.2, 0.25) is 5.88 Å². The zero-order chi connectivity index (χ0) is 21.3. The van der Waals surface area contributed by atoms with E-state index in [-0.39, 0.29) is 0 Å². The highest BCUT2D eigenvalue weighted by Gasteiger charge is 2.11. The van der Waals surface area contributed by atoms with E-state index in [2.05, 4.69) is 10.3 Å². The van der Waals surface area contributed by atoms with E-state index >= 15 is 0 Å². The predicted molar refractivity (Wildman–Crippen MR) is 120 cm³/mol. The standard InChI is InChI=1S/C22H21Cl3N2O3/c1-28-20-11-16(13-26-8-9-29-22-4-2-3-7-27-22)18(24)12-21(20)30-14-15-5-6-17(23)19(25)10-15/h2-7,10-12,26H,8-9,13-14H2,1H3. The van der Waals surface area contributed by atoms with E-state index in [9.17, 15) is 0 Å². The molecule has 3 rings (SSSR count). The van der Waals surface area contributed by atoms with Crippen LogP contribution in [0.1, 0.15) is 11.1 Å². The van der Waals surface area contributed by atoms with E-state index in [1.807, 2.05) is 30.3 Å². The Labute approximate surface area is 190 Å². The Morgan fingerprint density at radius 3 is 2.50 bits per heavy atom. The Kier molecular flexibility index (Phi) is 8.46. The van der Waals surface area contributed by atoms with Gasteiger partial charge in [0, 0.05) is 36.4 Å². The lowest BCUT2D eigenvalue weighted by Crippen LogP contribution is -2.21. The fourth-order valence-electron chi connectivity index (χ4n) is 2.66. The second kappa shape index (κ2) is 11.3. The fourth-order valence-corrected chi connectivity index (χ4v) is 3.20. The van der Waals surface area contributed by atoms with Crippen molar-refractivity contribution in [1.82, 2.24) is 10.3 Å². The summed E-state index contributed by atoms with van der Waals surface area (Å²) in [6.07, 6.45) is 1.69. The Morgan fingerprint density at radius 1 is 0.900 bits per heavy atom. The number of benzene rings is 2. The number of nitrogens with zero attached hydrogens (tertiary/aromatic N) is 1. The third kappa shape index (κ3) is 6.41. The van der Waals surface area contributed by atoms with E-state index in [1.165, 1.54) is 0 Å². The van der Waals surface area contributed by atoms with Crippen LogP contribution in [0.15, 0.2) is 54.7 Å². The lowest BCUT2D eigenvalue weighted by Gasteiger charge is -2.15. The van der Waals surface area contributed by atoms with Crippen LogP contribution in [-0.2, 0) is 13.2 Å². The highest BCUT2D eigenvalue weighted by atomic mass is 35.5. The number of halogens is 3. The topological polar surface area (TPSA) is 52.6 Å². The smallest absolute Gasteiger partial charge is 0.213 e. The molecule has 0 spiro atoms. The van der Waals surface area contributed by atoms with Gasteiger partial charge >= 0.3 is 0 Å². The summed E-state index contributed by atoms with van der Waals surface area (Å²) in [5, 5.41) is 4.86. The van der Waals surface area contributed by atoms with Gasteiger partial charge in [-0.3, -0.25) is 0 Å². The molecule has 0 saturated heterocycles.